The first-order valence-electron chi connectivity index (χ1n) is 8.65. The molecule has 0 fully saturated rings. The Labute approximate surface area is 170 Å². The fourth-order valence-electron chi connectivity index (χ4n) is 2.86. The van der Waals surface area contributed by atoms with Crippen LogP contribution < -0.4 is 14.8 Å². The summed E-state index contributed by atoms with van der Waals surface area (Å²) >= 11 is 6.00. The number of fused-ring (bicyclic) bond motifs is 1. The SMILES string of the molecule is CC(=O)NC(C)c1ccc2cc(Oc3cccc(OC(F)(F)F)c3Cl)ccc2c1. The Balaban J connectivity index is 1.84. The molecule has 0 aliphatic carbocycles. The second kappa shape index (κ2) is 8.21. The monoisotopic (exact) mass is 423 g/mol. The van der Waals surface area contributed by atoms with Gasteiger partial charge in [0.15, 0.2) is 5.75 Å². The Bertz CT molecular complexity index is 1050. The number of benzene rings is 3. The minimum atomic E-state index is -4.85. The summed E-state index contributed by atoms with van der Waals surface area (Å²) in [5.41, 5.74) is 0.946. The van der Waals surface area contributed by atoms with E-state index in [0.717, 1.165) is 22.4 Å². The van der Waals surface area contributed by atoms with Gasteiger partial charge in [-0.05, 0) is 53.6 Å². The van der Waals surface area contributed by atoms with Crippen molar-refractivity contribution in [1.82, 2.24) is 5.32 Å². The van der Waals surface area contributed by atoms with Gasteiger partial charge in [-0.1, -0.05) is 35.9 Å². The maximum Gasteiger partial charge on any atom is 0.573 e. The van der Waals surface area contributed by atoms with Crippen molar-refractivity contribution in [2.45, 2.75) is 26.3 Å². The molecule has 0 saturated heterocycles. The summed E-state index contributed by atoms with van der Waals surface area (Å²) in [6, 6.07) is 14.7. The fraction of sp³-hybridized carbons (Fsp3) is 0.190. The van der Waals surface area contributed by atoms with Gasteiger partial charge in [-0.3, -0.25) is 4.79 Å². The van der Waals surface area contributed by atoms with Crippen LogP contribution in [0.4, 0.5) is 13.2 Å². The van der Waals surface area contributed by atoms with Crippen LogP contribution in [0, 0.1) is 0 Å². The minimum Gasteiger partial charge on any atom is -0.456 e. The largest absolute Gasteiger partial charge is 0.573 e. The third-order valence-corrected chi connectivity index (χ3v) is 4.51. The number of alkyl halides is 3. The summed E-state index contributed by atoms with van der Waals surface area (Å²) in [4.78, 5) is 11.2. The van der Waals surface area contributed by atoms with Gasteiger partial charge >= 0.3 is 6.36 Å². The van der Waals surface area contributed by atoms with Gasteiger partial charge in [0.1, 0.15) is 16.5 Å². The molecule has 29 heavy (non-hydrogen) atoms. The van der Waals surface area contributed by atoms with Gasteiger partial charge in [0.05, 0.1) is 6.04 Å². The topological polar surface area (TPSA) is 47.6 Å². The van der Waals surface area contributed by atoms with Crippen LogP contribution in [-0.2, 0) is 4.79 Å². The molecule has 4 nitrogen and oxygen atoms in total. The van der Waals surface area contributed by atoms with Gasteiger partial charge in [0.25, 0.3) is 0 Å². The third kappa shape index (κ3) is 5.32. The molecule has 0 spiro atoms. The lowest BCUT2D eigenvalue weighted by Gasteiger charge is -2.15. The van der Waals surface area contributed by atoms with Crippen LogP contribution in [0.1, 0.15) is 25.5 Å². The van der Waals surface area contributed by atoms with Gasteiger partial charge in [0.2, 0.25) is 5.91 Å². The van der Waals surface area contributed by atoms with Gasteiger partial charge in [0, 0.05) is 6.92 Å². The fourth-order valence-corrected chi connectivity index (χ4v) is 3.07. The highest BCUT2D eigenvalue weighted by Crippen LogP contribution is 2.39. The number of amides is 1. The number of halogens is 4. The molecule has 0 bridgehead atoms. The van der Waals surface area contributed by atoms with Gasteiger partial charge in [-0.15, -0.1) is 13.2 Å². The van der Waals surface area contributed by atoms with Crippen LogP contribution in [0.25, 0.3) is 10.8 Å². The molecule has 0 saturated carbocycles. The summed E-state index contributed by atoms with van der Waals surface area (Å²) in [6.07, 6.45) is -4.85. The van der Waals surface area contributed by atoms with E-state index in [2.05, 4.69) is 10.1 Å². The lowest BCUT2D eigenvalue weighted by atomic mass is 10.0. The van der Waals surface area contributed by atoms with Crippen molar-refractivity contribution < 1.29 is 27.4 Å². The predicted octanol–water partition coefficient (Wildman–Crippen LogP) is 6.38. The number of carbonyl (C=O) groups excluding carboxylic acids is 1. The molecule has 1 atom stereocenters. The molecule has 0 aromatic heterocycles. The number of rotatable bonds is 5. The van der Waals surface area contributed by atoms with E-state index in [-0.39, 0.29) is 22.7 Å². The first-order valence-corrected chi connectivity index (χ1v) is 9.03. The minimum absolute atomic E-state index is 0.0451. The molecule has 0 radical (unpaired) electrons. The number of carbonyl (C=O) groups is 1. The molecular weight excluding hydrogens is 407 g/mol. The molecule has 3 rings (SSSR count). The van der Waals surface area contributed by atoms with Crippen LogP contribution >= 0.6 is 11.6 Å². The second-order valence-corrected chi connectivity index (χ2v) is 6.79. The maximum absolute atomic E-state index is 12.5. The molecule has 0 aliphatic rings. The van der Waals surface area contributed by atoms with Crippen LogP contribution in [0.5, 0.6) is 17.2 Å². The number of hydrogen-bond donors (Lipinski definition) is 1. The van der Waals surface area contributed by atoms with Gasteiger partial charge in [-0.25, -0.2) is 0 Å². The number of nitrogens with one attached hydrogen (secondary N) is 1. The summed E-state index contributed by atoms with van der Waals surface area (Å²) in [7, 11) is 0. The Morgan fingerprint density at radius 1 is 1.03 bits per heavy atom. The molecule has 152 valence electrons. The molecule has 1 amide bonds. The molecule has 0 aliphatic heterocycles. The van der Waals surface area contributed by atoms with Crippen LogP contribution in [0.2, 0.25) is 5.02 Å². The molecule has 0 heterocycles. The normalized spacial score (nSPS) is 12.5. The van der Waals surface area contributed by atoms with E-state index in [1.165, 1.54) is 19.1 Å². The molecular formula is C21H17ClF3NO3. The predicted molar refractivity (Wildman–Crippen MR) is 104 cm³/mol. The van der Waals surface area contributed by atoms with E-state index in [1.807, 2.05) is 31.2 Å². The average molecular weight is 424 g/mol. The quantitative estimate of drug-likeness (QED) is 0.518. The first kappa shape index (κ1) is 20.8. The van der Waals surface area contributed by atoms with E-state index in [4.69, 9.17) is 16.3 Å². The second-order valence-electron chi connectivity index (χ2n) is 6.41. The van der Waals surface area contributed by atoms with E-state index in [0.29, 0.717) is 5.75 Å². The third-order valence-electron chi connectivity index (χ3n) is 4.14. The van der Waals surface area contributed by atoms with Crippen molar-refractivity contribution in [3.05, 3.63) is 65.2 Å². The smallest absolute Gasteiger partial charge is 0.456 e. The summed E-state index contributed by atoms with van der Waals surface area (Å²) in [5, 5.41) is 4.34. The first-order chi connectivity index (χ1) is 13.6. The number of ether oxygens (including phenoxy) is 2. The van der Waals surface area contributed by atoms with E-state index >= 15 is 0 Å². The molecule has 1 unspecified atom stereocenters. The van der Waals surface area contributed by atoms with Crippen LogP contribution in [-0.4, -0.2) is 12.3 Å². The zero-order chi connectivity index (χ0) is 21.2. The van der Waals surface area contributed by atoms with E-state index in [9.17, 15) is 18.0 Å². The van der Waals surface area contributed by atoms with Crippen LogP contribution in [0.3, 0.4) is 0 Å². The van der Waals surface area contributed by atoms with Gasteiger partial charge < -0.3 is 14.8 Å². The highest BCUT2D eigenvalue weighted by atomic mass is 35.5. The lowest BCUT2D eigenvalue weighted by molar-refractivity contribution is -0.274. The Morgan fingerprint density at radius 3 is 2.38 bits per heavy atom. The summed E-state index contributed by atoms with van der Waals surface area (Å²) < 4.78 is 47.0. The van der Waals surface area contributed by atoms with Crippen molar-refractivity contribution in [2.75, 3.05) is 0 Å². The average Bonchev–Trinajstić information content (AvgIpc) is 2.63. The van der Waals surface area contributed by atoms with E-state index in [1.54, 1.807) is 12.1 Å². The summed E-state index contributed by atoms with van der Waals surface area (Å²) in [5.74, 6) is -0.195. The molecule has 1 N–H and O–H groups in total. The highest BCUT2D eigenvalue weighted by Gasteiger charge is 2.32. The number of hydrogen-bond acceptors (Lipinski definition) is 3. The van der Waals surface area contributed by atoms with Gasteiger partial charge in [-0.2, -0.15) is 0 Å². The standard InChI is InChI=1S/C21H17ClF3NO3/c1-12(26-13(2)27)14-6-7-16-11-17(9-8-15(16)10-14)28-18-4-3-5-19(20(18)22)29-21(23,24)25/h3-12H,1-2H3,(H,26,27). The summed E-state index contributed by atoms with van der Waals surface area (Å²) in [6.45, 7) is 3.35. The Hall–Kier alpha value is -2.93. The zero-order valence-corrected chi connectivity index (χ0v) is 16.3. The van der Waals surface area contributed by atoms with Crippen LogP contribution in [0.15, 0.2) is 54.6 Å². The maximum atomic E-state index is 12.5. The van der Waals surface area contributed by atoms with Crippen molar-refractivity contribution >= 4 is 28.3 Å². The Morgan fingerprint density at radius 2 is 1.69 bits per heavy atom. The van der Waals surface area contributed by atoms with Crippen molar-refractivity contribution in [3.8, 4) is 17.2 Å². The van der Waals surface area contributed by atoms with E-state index < -0.39 is 12.1 Å². The van der Waals surface area contributed by atoms with Crippen molar-refractivity contribution in [1.29, 1.82) is 0 Å². The molecule has 8 heteroatoms. The molecule has 3 aromatic rings. The lowest BCUT2D eigenvalue weighted by Crippen LogP contribution is -2.23. The highest BCUT2D eigenvalue weighted by molar-refractivity contribution is 6.33. The molecule has 3 aromatic carbocycles. The van der Waals surface area contributed by atoms with Crippen molar-refractivity contribution in [3.63, 3.8) is 0 Å². The zero-order valence-electron chi connectivity index (χ0n) is 15.5. The van der Waals surface area contributed by atoms with Crippen molar-refractivity contribution in [2.24, 2.45) is 0 Å². The Kier molecular flexibility index (Phi) is 5.88.